The minimum Gasteiger partial charge on any atom is -0.369 e. The third-order valence-corrected chi connectivity index (χ3v) is 5.69. The molecule has 0 aromatic carbocycles. The second-order valence-electron chi connectivity index (χ2n) is 5.36. The highest BCUT2D eigenvalue weighted by Gasteiger charge is 2.33. The van der Waals surface area contributed by atoms with E-state index in [1.165, 1.54) is 28.2 Å². The van der Waals surface area contributed by atoms with E-state index < -0.39 is 21.8 Å². The van der Waals surface area contributed by atoms with Gasteiger partial charge in [0.05, 0.1) is 5.92 Å². The predicted octanol–water partition coefficient (Wildman–Crippen LogP) is -0.729. The Kier molecular flexibility index (Phi) is 4.57. The Labute approximate surface area is 129 Å². The van der Waals surface area contributed by atoms with Gasteiger partial charge in [-0.25, -0.2) is 8.42 Å². The summed E-state index contributed by atoms with van der Waals surface area (Å²) < 4.78 is 28.0. The van der Waals surface area contributed by atoms with Crippen molar-refractivity contribution in [2.24, 2.45) is 18.7 Å². The first-order valence-corrected chi connectivity index (χ1v) is 8.39. The number of primary amides is 1. The molecule has 1 atom stereocenters. The predicted molar refractivity (Wildman–Crippen MR) is 79.5 cm³/mol. The Morgan fingerprint density at radius 1 is 1.41 bits per heavy atom. The molecule has 2 rings (SSSR count). The summed E-state index contributed by atoms with van der Waals surface area (Å²) in [5.74, 6) is -1.32. The Morgan fingerprint density at radius 3 is 2.68 bits per heavy atom. The molecular formula is C13H20N4O4S. The molecule has 0 spiro atoms. The van der Waals surface area contributed by atoms with Crippen LogP contribution in [0.2, 0.25) is 0 Å². The summed E-state index contributed by atoms with van der Waals surface area (Å²) in [6.07, 6.45) is 2.58. The summed E-state index contributed by atoms with van der Waals surface area (Å²) in [7, 11) is -0.666. The van der Waals surface area contributed by atoms with Crippen LogP contribution in [-0.4, -0.2) is 49.2 Å². The molecule has 0 saturated carbocycles. The number of nitrogens with zero attached hydrogens (tertiary/aromatic N) is 2. The molecule has 3 N–H and O–H groups in total. The summed E-state index contributed by atoms with van der Waals surface area (Å²) in [4.78, 5) is 23.0. The number of nitrogens with two attached hydrogens (primary N) is 1. The lowest BCUT2D eigenvalue weighted by atomic mass is 9.99. The van der Waals surface area contributed by atoms with Crippen molar-refractivity contribution in [1.82, 2.24) is 14.2 Å². The van der Waals surface area contributed by atoms with Crippen LogP contribution >= 0.6 is 0 Å². The van der Waals surface area contributed by atoms with Gasteiger partial charge in [-0.15, -0.1) is 0 Å². The maximum Gasteiger partial charge on any atom is 0.267 e. The van der Waals surface area contributed by atoms with Gasteiger partial charge in [0.2, 0.25) is 15.9 Å². The highest BCUT2D eigenvalue weighted by atomic mass is 32.2. The highest BCUT2D eigenvalue weighted by Crippen LogP contribution is 2.24. The topological polar surface area (TPSA) is 114 Å². The Bertz CT molecular complexity index is 695. The van der Waals surface area contributed by atoms with Crippen LogP contribution < -0.4 is 11.1 Å². The average Bonchev–Trinajstić information content (AvgIpc) is 2.89. The van der Waals surface area contributed by atoms with Gasteiger partial charge in [-0.1, -0.05) is 0 Å². The van der Waals surface area contributed by atoms with Crippen molar-refractivity contribution in [1.29, 1.82) is 0 Å². The standard InChI is InChI=1S/C13H20N4O4S/c1-15-13(19)11-6-10(8-16(11)2)22(20,21)17-5-3-4-9(7-17)12(14)18/h6,8-9H,3-5,7H2,1-2H3,(H2,14,18)(H,15,19)/t9-/m0/s1. The molecule has 1 saturated heterocycles. The molecule has 1 fully saturated rings. The molecule has 1 aliphatic rings. The first-order chi connectivity index (χ1) is 10.3. The van der Waals surface area contributed by atoms with Crippen LogP contribution in [-0.2, 0) is 21.9 Å². The van der Waals surface area contributed by atoms with E-state index in [1.807, 2.05) is 0 Å². The molecule has 2 amide bonds. The molecule has 1 aromatic heterocycles. The molecule has 0 bridgehead atoms. The van der Waals surface area contributed by atoms with Crippen LogP contribution in [0.3, 0.4) is 0 Å². The summed E-state index contributed by atoms with van der Waals surface area (Å²) in [6.45, 7) is 0.429. The van der Waals surface area contributed by atoms with Gasteiger partial charge in [-0.2, -0.15) is 4.31 Å². The molecule has 1 aromatic rings. The average molecular weight is 328 g/mol. The van der Waals surface area contributed by atoms with Gasteiger partial charge in [0.1, 0.15) is 10.6 Å². The van der Waals surface area contributed by atoms with E-state index in [9.17, 15) is 18.0 Å². The van der Waals surface area contributed by atoms with Crippen LogP contribution in [0.15, 0.2) is 17.2 Å². The zero-order chi connectivity index (χ0) is 16.5. The lowest BCUT2D eigenvalue weighted by molar-refractivity contribution is -0.122. The number of aryl methyl sites for hydroxylation is 1. The fourth-order valence-electron chi connectivity index (χ4n) is 2.57. The third-order valence-electron chi connectivity index (χ3n) is 3.86. The van der Waals surface area contributed by atoms with E-state index in [1.54, 1.807) is 7.05 Å². The first-order valence-electron chi connectivity index (χ1n) is 6.95. The van der Waals surface area contributed by atoms with Crippen LogP contribution in [0.4, 0.5) is 0 Å². The monoisotopic (exact) mass is 328 g/mol. The van der Waals surface area contributed by atoms with Crippen molar-refractivity contribution in [2.75, 3.05) is 20.1 Å². The van der Waals surface area contributed by atoms with Gasteiger partial charge < -0.3 is 15.6 Å². The fourth-order valence-corrected chi connectivity index (χ4v) is 4.17. The maximum atomic E-state index is 12.7. The second kappa shape index (κ2) is 6.09. The minimum atomic E-state index is -3.75. The number of amides is 2. The van der Waals surface area contributed by atoms with Crippen molar-refractivity contribution < 1.29 is 18.0 Å². The van der Waals surface area contributed by atoms with E-state index in [4.69, 9.17) is 5.73 Å². The third kappa shape index (κ3) is 3.00. The van der Waals surface area contributed by atoms with E-state index in [0.717, 1.165) is 0 Å². The SMILES string of the molecule is CNC(=O)c1cc(S(=O)(=O)N2CCC[C@H](C(N)=O)C2)cn1C. The number of carbonyl (C=O) groups excluding carboxylic acids is 2. The van der Waals surface area contributed by atoms with E-state index >= 15 is 0 Å². The lowest BCUT2D eigenvalue weighted by Crippen LogP contribution is -2.43. The van der Waals surface area contributed by atoms with Crippen molar-refractivity contribution in [3.8, 4) is 0 Å². The summed E-state index contributed by atoms with van der Waals surface area (Å²) in [5, 5.41) is 2.46. The molecular weight excluding hydrogens is 308 g/mol. The van der Waals surface area contributed by atoms with Crippen LogP contribution in [0.5, 0.6) is 0 Å². The zero-order valence-corrected chi connectivity index (χ0v) is 13.4. The summed E-state index contributed by atoms with van der Waals surface area (Å²) >= 11 is 0. The number of nitrogens with one attached hydrogen (secondary N) is 1. The molecule has 22 heavy (non-hydrogen) atoms. The Morgan fingerprint density at radius 2 is 2.09 bits per heavy atom. The molecule has 1 aliphatic heterocycles. The summed E-state index contributed by atoms with van der Waals surface area (Å²) in [6, 6.07) is 1.34. The largest absolute Gasteiger partial charge is 0.369 e. The fraction of sp³-hybridized carbons (Fsp3) is 0.538. The van der Waals surface area contributed by atoms with E-state index in [0.29, 0.717) is 19.4 Å². The Hall–Kier alpha value is -1.87. The van der Waals surface area contributed by atoms with Crippen molar-refractivity contribution in [2.45, 2.75) is 17.7 Å². The molecule has 2 heterocycles. The van der Waals surface area contributed by atoms with E-state index in [-0.39, 0.29) is 23.0 Å². The van der Waals surface area contributed by atoms with Crippen LogP contribution in [0.1, 0.15) is 23.3 Å². The van der Waals surface area contributed by atoms with Crippen molar-refractivity contribution in [3.63, 3.8) is 0 Å². The lowest BCUT2D eigenvalue weighted by Gasteiger charge is -2.29. The zero-order valence-electron chi connectivity index (χ0n) is 12.6. The van der Waals surface area contributed by atoms with Gasteiger partial charge in [0, 0.05) is 33.4 Å². The maximum absolute atomic E-state index is 12.7. The van der Waals surface area contributed by atoms with Gasteiger partial charge in [0.25, 0.3) is 5.91 Å². The number of sulfonamides is 1. The number of carbonyl (C=O) groups is 2. The van der Waals surface area contributed by atoms with E-state index in [2.05, 4.69) is 5.32 Å². The number of piperidine rings is 1. The smallest absolute Gasteiger partial charge is 0.267 e. The normalized spacial score (nSPS) is 19.8. The van der Waals surface area contributed by atoms with Gasteiger partial charge >= 0.3 is 0 Å². The molecule has 0 radical (unpaired) electrons. The molecule has 0 aliphatic carbocycles. The van der Waals surface area contributed by atoms with Crippen LogP contribution in [0.25, 0.3) is 0 Å². The number of hydrogen-bond acceptors (Lipinski definition) is 4. The van der Waals surface area contributed by atoms with Crippen molar-refractivity contribution in [3.05, 3.63) is 18.0 Å². The first kappa shape index (κ1) is 16.5. The molecule has 122 valence electrons. The van der Waals surface area contributed by atoms with Crippen LogP contribution in [0, 0.1) is 5.92 Å². The highest BCUT2D eigenvalue weighted by molar-refractivity contribution is 7.89. The quantitative estimate of drug-likeness (QED) is 0.758. The van der Waals surface area contributed by atoms with Gasteiger partial charge in [0.15, 0.2) is 0 Å². The number of aromatic nitrogens is 1. The van der Waals surface area contributed by atoms with Gasteiger partial charge in [-0.3, -0.25) is 9.59 Å². The molecule has 8 nitrogen and oxygen atoms in total. The number of hydrogen-bond donors (Lipinski definition) is 2. The van der Waals surface area contributed by atoms with Gasteiger partial charge in [-0.05, 0) is 18.9 Å². The van der Waals surface area contributed by atoms with Crippen molar-refractivity contribution >= 4 is 21.8 Å². The molecule has 0 unspecified atom stereocenters. The Balaban J connectivity index is 2.30. The minimum absolute atomic E-state index is 0.0405. The molecule has 9 heteroatoms. The number of rotatable bonds is 4. The second-order valence-corrected chi connectivity index (χ2v) is 7.29. The summed E-state index contributed by atoms with van der Waals surface area (Å²) in [5.41, 5.74) is 5.53.